The Morgan fingerprint density at radius 2 is 1.91 bits per heavy atom. The molecule has 1 aromatic rings. The predicted molar refractivity (Wildman–Crippen MR) is 79.3 cm³/mol. The Morgan fingerprint density at radius 3 is 2.36 bits per heavy atom. The minimum absolute atomic E-state index is 0.137. The number of alkyl halides is 3. The van der Waals surface area contributed by atoms with Crippen LogP contribution in [-0.4, -0.2) is 24.5 Å². The second-order valence-electron chi connectivity index (χ2n) is 4.99. The number of aliphatic imine (C=N–C) groups is 1. The molecule has 0 unspecified atom stereocenters. The summed E-state index contributed by atoms with van der Waals surface area (Å²) in [5, 5.41) is 2.33. The Bertz CT molecular complexity index is 598. The fraction of sp³-hybridized carbons (Fsp3) is 0.429. The molecule has 0 aliphatic carbocycles. The zero-order valence-electron chi connectivity index (χ0n) is 12.5. The van der Waals surface area contributed by atoms with Crippen molar-refractivity contribution in [1.29, 1.82) is 0 Å². The molecule has 1 rings (SSSR count). The molecule has 0 radical (unpaired) electrons. The standard InChI is InChI=1S/C14H16ClF3N2O2/c1-8(21)22-13(2,3)12(19-4)20-9-5-6-11(15)10(7-9)14(16,17)18/h5-7H,1-4H3,(H,19,20). The number of carbonyl (C=O) groups is 1. The molecule has 0 amide bonds. The van der Waals surface area contributed by atoms with Gasteiger partial charge >= 0.3 is 12.1 Å². The summed E-state index contributed by atoms with van der Waals surface area (Å²) in [7, 11) is 1.44. The molecule has 22 heavy (non-hydrogen) atoms. The minimum Gasteiger partial charge on any atom is -0.452 e. The smallest absolute Gasteiger partial charge is 0.417 e. The number of esters is 1. The van der Waals surface area contributed by atoms with Crippen molar-refractivity contribution >= 4 is 29.1 Å². The second kappa shape index (κ2) is 6.56. The van der Waals surface area contributed by atoms with Gasteiger partial charge in [0, 0.05) is 19.7 Å². The number of ether oxygens (including phenoxy) is 1. The average molecular weight is 337 g/mol. The van der Waals surface area contributed by atoms with E-state index >= 15 is 0 Å². The number of nitrogens with zero attached hydrogens (tertiary/aromatic N) is 1. The molecule has 0 atom stereocenters. The van der Waals surface area contributed by atoms with E-state index in [4.69, 9.17) is 16.3 Å². The highest BCUT2D eigenvalue weighted by atomic mass is 35.5. The molecule has 4 nitrogen and oxygen atoms in total. The number of halogens is 4. The van der Waals surface area contributed by atoms with Gasteiger partial charge in [-0.1, -0.05) is 11.6 Å². The summed E-state index contributed by atoms with van der Waals surface area (Å²) in [5.41, 5.74) is -1.93. The maximum Gasteiger partial charge on any atom is 0.417 e. The molecule has 122 valence electrons. The molecule has 0 heterocycles. The lowest BCUT2D eigenvalue weighted by Gasteiger charge is -2.27. The number of hydrogen-bond acceptors (Lipinski definition) is 3. The van der Waals surface area contributed by atoms with Gasteiger partial charge in [0.2, 0.25) is 0 Å². The SMILES string of the molecule is CN=C(Nc1ccc(Cl)c(C(F)(F)F)c1)C(C)(C)OC(C)=O. The minimum atomic E-state index is -4.57. The molecule has 8 heteroatoms. The average Bonchev–Trinajstić information content (AvgIpc) is 2.34. The van der Waals surface area contributed by atoms with Gasteiger partial charge in [0.1, 0.15) is 5.84 Å². The van der Waals surface area contributed by atoms with Gasteiger partial charge in [-0.25, -0.2) is 0 Å². The van der Waals surface area contributed by atoms with E-state index in [1.54, 1.807) is 13.8 Å². The van der Waals surface area contributed by atoms with Crippen molar-refractivity contribution in [3.63, 3.8) is 0 Å². The Morgan fingerprint density at radius 1 is 1.32 bits per heavy atom. The number of hydrogen-bond donors (Lipinski definition) is 1. The topological polar surface area (TPSA) is 50.7 Å². The Labute approximate surface area is 131 Å². The quantitative estimate of drug-likeness (QED) is 0.512. The lowest BCUT2D eigenvalue weighted by atomic mass is 10.1. The van der Waals surface area contributed by atoms with Gasteiger partial charge in [0.25, 0.3) is 0 Å². The van der Waals surface area contributed by atoms with E-state index in [1.807, 2.05) is 0 Å². The fourth-order valence-corrected chi connectivity index (χ4v) is 2.07. The van der Waals surface area contributed by atoms with E-state index < -0.39 is 28.3 Å². The largest absolute Gasteiger partial charge is 0.452 e. The lowest BCUT2D eigenvalue weighted by Crippen LogP contribution is -2.41. The van der Waals surface area contributed by atoms with Crippen LogP contribution in [0.2, 0.25) is 5.02 Å². The van der Waals surface area contributed by atoms with Crippen LogP contribution in [0.15, 0.2) is 23.2 Å². The van der Waals surface area contributed by atoms with Crippen molar-refractivity contribution in [3.8, 4) is 0 Å². The van der Waals surface area contributed by atoms with E-state index in [-0.39, 0.29) is 11.5 Å². The molecule has 0 bridgehead atoms. The zero-order valence-corrected chi connectivity index (χ0v) is 13.3. The number of benzene rings is 1. The van der Waals surface area contributed by atoms with Crippen LogP contribution in [0, 0.1) is 0 Å². The summed E-state index contributed by atoms with van der Waals surface area (Å²) in [4.78, 5) is 15.0. The van der Waals surface area contributed by atoms with E-state index in [2.05, 4.69) is 10.3 Å². The monoisotopic (exact) mass is 336 g/mol. The van der Waals surface area contributed by atoms with Gasteiger partial charge in [-0.15, -0.1) is 0 Å². The van der Waals surface area contributed by atoms with Crippen molar-refractivity contribution < 1.29 is 22.7 Å². The van der Waals surface area contributed by atoms with Gasteiger partial charge in [-0.2, -0.15) is 13.2 Å². The maximum absolute atomic E-state index is 12.8. The molecule has 1 aromatic carbocycles. The molecular formula is C14H16ClF3N2O2. The molecule has 0 saturated heterocycles. The van der Waals surface area contributed by atoms with Crippen molar-refractivity contribution in [2.75, 3.05) is 12.4 Å². The van der Waals surface area contributed by atoms with Gasteiger partial charge in [0.05, 0.1) is 10.6 Å². The van der Waals surface area contributed by atoms with Crippen molar-refractivity contribution in [2.24, 2.45) is 4.99 Å². The first kappa shape index (κ1) is 18.3. The zero-order chi connectivity index (χ0) is 17.1. The second-order valence-corrected chi connectivity index (χ2v) is 5.40. The van der Waals surface area contributed by atoms with E-state index in [0.717, 1.165) is 12.1 Å². The van der Waals surface area contributed by atoms with Crippen LogP contribution in [-0.2, 0) is 15.7 Å². The van der Waals surface area contributed by atoms with Gasteiger partial charge < -0.3 is 10.1 Å². The number of nitrogens with one attached hydrogen (secondary N) is 1. The maximum atomic E-state index is 12.8. The third-order valence-electron chi connectivity index (χ3n) is 2.73. The normalized spacial score (nSPS) is 13.0. The first-order valence-corrected chi connectivity index (χ1v) is 6.66. The van der Waals surface area contributed by atoms with E-state index in [1.165, 1.54) is 20.0 Å². The van der Waals surface area contributed by atoms with Gasteiger partial charge in [-0.05, 0) is 32.0 Å². The van der Waals surface area contributed by atoms with Crippen molar-refractivity contribution in [1.82, 2.24) is 0 Å². The summed E-state index contributed by atoms with van der Waals surface area (Å²) < 4.78 is 43.6. The number of carbonyl (C=O) groups excluding carboxylic acids is 1. The number of rotatable bonds is 3. The Kier molecular flexibility index (Phi) is 5.45. The molecule has 1 N–H and O–H groups in total. The summed E-state index contributed by atoms with van der Waals surface area (Å²) in [6.07, 6.45) is -4.57. The molecular weight excluding hydrogens is 321 g/mol. The van der Waals surface area contributed by atoms with Crippen LogP contribution >= 0.6 is 11.6 Å². The lowest BCUT2D eigenvalue weighted by molar-refractivity contribution is -0.148. The third kappa shape index (κ3) is 4.62. The van der Waals surface area contributed by atoms with E-state index in [0.29, 0.717) is 0 Å². The molecule has 0 saturated carbocycles. The Balaban J connectivity index is 3.10. The van der Waals surface area contributed by atoms with Crippen LogP contribution in [0.25, 0.3) is 0 Å². The number of amidine groups is 1. The number of anilines is 1. The molecule has 0 fully saturated rings. The molecule has 0 aliphatic rings. The molecule has 0 spiro atoms. The Hall–Kier alpha value is -1.76. The third-order valence-corrected chi connectivity index (χ3v) is 3.06. The predicted octanol–water partition coefficient (Wildman–Crippen LogP) is 4.14. The fourth-order valence-electron chi connectivity index (χ4n) is 1.84. The molecule has 0 aliphatic heterocycles. The van der Waals surface area contributed by atoms with Crippen LogP contribution < -0.4 is 5.32 Å². The van der Waals surface area contributed by atoms with Gasteiger partial charge in [0.15, 0.2) is 5.60 Å². The van der Waals surface area contributed by atoms with Crippen molar-refractivity contribution in [3.05, 3.63) is 28.8 Å². The van der Waals surface area contributed by atoms with Gasteiger partial charge in [-0.3, -0.25) is 9.79 Å². The highest BCUT2D eigenvalue weighted by Gasteiger charge is 2.34. The summed E-state index contributed by atoms with van der Waals surface area (Å²) in [6.45, 7) is 4.38. The molecule has 0 aromatic heterocycles. The summed E-state index contributed by atoms with van der Waals surface area (Å²) in [5.74, 6) is -0.321. The van der Waals surface area contributed by atoms with Crippen LogP contribution in [0.5, 0.6) is 0 Å². The van der Waals surface area contributed by atoms with Crippen molar-refractivity contribution in [2.45, 2.75) is 32.5 Å². The highest BCUT2D eigenvalue weighted by Crippen LogP contribution is 2.36. The van der Waals surface area contributed by atoms with Crippen LogP contribution in [0.1, 0.15) is 26.3 Å². The first-order chi connectivity index (χ1) is 9.97. The highest BCUT2D eigenvalue weighted by molar-refractivity contribution is 6.31. The summed E-state index contributed by atoms with van der Waals surface area (Å²) in [6, 6.07) is 3.39. The van der Waals surface area contributed by atoms with E-state index in [9.17, 15) is 18.0 Å². The summed E-state index contributed by atoms with van der Waals surface area (Å²) >= 11 is 5.56. The van der Waals surface area contributed by atoms with Crippen LogP contribution in [0.3, 0.4) is 0 Å². The van der Waals surface area contributed by atoms with Crippen LogP contribution in [0.4, 0.5) is 18.9 Å². The first-order valence-electron chi connectivity index (χ1n) is 6.28.